The molecule has 1 amide bonds. The molecule has 9 heteroatoms. The third-order valence-corrected chi connectivity index (χ3v) is 6.01. The van der Waals surface area contributed by atoms with Crippen LogP contribution in [0.5, 0.6) is 11.5 Å². The molecule has 3 aromatic rings. The topological polar surface area (TPSA) is 59.3 Å². The third-order valence-electron chi connectivity index (χ3n) is 5.52. The van der Waals surface area contributed by atoms with Crippen molar-refractivity contribution in [2.45, 2.75) is 13.5 Å². The highest BCUT2D eigenvalue weighted by molar-refractivity contribution is 6.36. The van der Waals surface area contributed by atoms with Gasteiger partial charge < -0.3 is 14.4 Å². The second-order valence-corrected chi connectivity index (χ2v) is 8.35. The molecular formula is C21H20Cl2N4O3. The summed E-state index contributed by atoms with van der Waals surface area (Å²) in [6, 6.07) is 7.66. The van der Waals surface area contributed by atoms with Gasteiger partial charge in [-0.15, -0.1) is 0 Å². The first kappa shape index (κ1) is 19.5. The van der Waals surface area contributed by atoms with Crippen LogP contribution in [0.2, 0.25) is 10.0 Å². The molecule has 0 aliphatic carbocycles. The molecule has 0 bridgehead atoms. The van der Waals surface area contributed by atoms with Crippen molar-refractivity contribution in [1.82, 2.24) is 19.2 Å². The van der Waals surface area contributed by atoms with Crippen molar-refractivity contribution in [2.75, 3.05) is 33.0 Å². The molecule has 0 radical (unpaired) electrons. The smallest absolute Gasteiger partial charge is 0.272 e. The first-order valence-corrected chi connectivity index (χ1v) is 10.5. The first-order chi connectivity index (χ1) is 14.5. The number of aryl methyl sites for hydroxylation is 1. The van der Waals surface area contributed by atoms with Gasteiger partial charge in [0.1, 0.15) is 5.69 Å². The van der Waals surface area contributed by atoms with Crippen LogP contribution in [0, 0.1) is 6.92 Å². The van der Waals surface area contributed by atoms with Crippen molar-refractivity contribution in [3.8, 4) is 11.5 Å². The fourth-order valence-electron chi connectivity index (χ4n) is 4.00. The number of carbonyl (C=O) groups excluding carboxylic acids is 1. The number of imidazole rings is 1. The second kappa shape index (κ2) is 7.65. The summed E-state index contributed by atoms with van der Waals surface area (Å²) in [6.45, 7) is 5.77. The average molecular weight is 447 g/mol. The summed E-state index contributed by atoms with van der Waals surface area (Å²) >= 11 is 12.4. The molecule has 30 heavy (non-hydrogen) atoms. The normalized spacial score (nSPS) is 16.4. The van der Waals surface area contributed by atoms with Crippen LogP contribution in [0.1, 0.15) is 21.7 Å². The van der Waals surface area contributed by atoms with Crippen molar-refractivity contribution in [3.05, 3.63) is 57.5 Å². The zero-order valence-corrected chi connectivity index (χ0v) is 17.9. The van der Waals surface area contributed by atoms with E-state index in [4.69, 9.17) is 32.7 Å². The van der Waals surface area contributed by atoms with E-state index in [0.717, 1.165) is 31.1 Å². The minimum atomic E-state index is -0.0546. The maximum atomic E-state index is 13.2. The van der Waals surface area contributed by atoms with E-state index in [1.54, 1.807) is 16.7 Å². The van der Waals surface area contributed by atoms with Gasteiger partial charge in [-0.25, -0.2) is 4.98 Å². The molecule has 4 heterocycles. The van der Waals surface area contributed by atoms with E-state index in [-0.39, 0.29) is 12.7 Å². The van der Waals surface area contributed by atoms with Crippen molar-refractivity contribution in [1.29, 1.82) is 0 Å². The molecule has 0 unspecified atom stereocenters. The van der Waals surface area contributed by atoms with Gasteiger partial charge in [-0.2, -0.15) is 0 Å². The summed E-state index contributed by atoms with van der Waals surface area (Å²) < 4.78 is 12.5. The van der Waals surface area contributed by atoms with Crippen molar-refractivity contribution >= 4 is 34.8 Å². The molecule has 2 aliphatic rings. The Bertz CT molecular complexity index is 1140. The summed E-state index contributed by atoms with van der Waals surface area (Å²) in [7, 11) is 0. The van der Waals surface area contributed by atoms with Gasteiger partial charge in [0.05, 0.1) is 15.7 Å². The molecule has 1 fully saturated rings. The third kappa shape index (κ3) is 3.47. The predicted octanol–water partition coefficient (Wildman–Crippen LogP) is 3.64. The first-order valence-electron chi connectivity index (χ1n) is 9.73. The number of benzene rings is 1. The number of halogens is 2. The Morgan fingerprint density at radius 1 is 1.10 bits per heavy atom. The summed E-state index contributed by atoms with van der Waals surface area (Å²) in [4.78, 5) is 21.9. The highest BCUT2D eigenvalue weighted by Crippen LogP contribution is 2.33. The van der Waals surface area contributed by atoms with Crippen molar-refractivity contribution in [2.24, 2.45) is 0 Å². The molecule has 0 atom stereocenters. The van der Waals surface area contributed by atoms with Gasteiger partial charge in [-0.3, -0.25) is 14.1 Å². The van der Waals surface area contributed by atoms with Gasteiger partial charge in [0.2, 0.25) is 6.79 Å². The quantitative estimate of drug-likeness (QED) is 0.614. The lowest BCUT2D eigenvalue weighted by Gasteiger charge is -2.34. The van der Waals surface area contributed by atoms with E-state index in [0.29, 0.717) is 40.2 Å². The largest absolute Gasteiger partial charge is 0.454 e. The van der Waals surface area contributed by atoms with E-state index in [1.165, 1.54) is 5.56 Å². The fourth-order valence-corrected chi connectivity index (χ4v) is 4.51. The second-order valence-electron chi connectivity index (χ2n) is 7.50. The molecule has 0 N–H and O–H groups in total. The Hall–Kier alpha value is -2.48. The Morgan fingerprint density at radius 2 is 1.87 bits per heavy atom. The fraction of sp³-hybridized carbons (Fsp3) is 0.333. The number of amides is 1. The number of ether oxygens (including phenoxy) is 2. The number of fused-ring (bicyclic) bond motifs is 2. The molecule has 1 saturated heterocycles. The predicted molar refractivity (Wildman–Crippen MR) is 114 cm³/mol. The van der Waals surface area contributed by atoms with Gasteiger partial charge in [0.15, 0.2) is 17.1 Å². The van der Waals surface area contributed by atoms with Crippen LogP contribution in [0.4, 0.5) is 0 Å². The lowest BCUT2D eigenvalue weighted by atomic mass is 10.1. The van der Waals surface area contributed by atoms with Crippen LogP contribution in [0.3, 0.4) is 0 Å². The lowest BCUT2D eigenvalue weighted by Crippen LogP contribution is -2.48. The molecule has 2 aliphatic heterocycles. The van der Waals surface area contributed by atoms with E-state index in [1.807, 2.05) is 24.0 Å². The van der Waals surface area contributed by atoms with Crippen LogP contribution >= 0.6 is 23.2 Å². The maximum absolute atomic E-state index is 13.2. The molecule has 5 rings (SSSR count). The standard InChI is InChI=1S/C21H20Cl2N4O3/c1-13-19(27-11-15(22)9-16(23)20(27)24-13)21(28)26-6-4-25(5-7-26)10-14-2-3-17-18(8-14)30-12-29-17/h2-3,8-9,11H,4-7,10,12H2,1H3. The summed E-state index contributed by atoms with van der Waals surface area (Å²) in [5, 5.41) is 0.894. The summed E-state index contributed by atoms with van der Waals surface area (Å²) in [5.41, 5.74) is 2.87. The van der Waals surface area contributed by atoms with Crippen LogP contribution in [0.25, 0.3) is 5.65 Å². The van der Waals surface area contributed by atoms with Crippen LogP contribution in [-0.4, -0.2) is 58.1 Å². The lowest BCUT2D eigenvalue weighted by molar-refractivity contribution is 0.0621. The van der Waals surface area contributed by atoms with Gasteiger partial charge in [0, 0.05) is 38.9 Å². The van der Waals surface area contributed by atoms with E-state index >= 15 is 0 Å². The Morgan fingerprint density at radius 3 is 2.67 bits per heavy atom. The van der Waals surface area contributed by atoms with Crippen molar-refractivity contribution < 1.29 is 14.3 Å². The number of aromatic nitrogens is 2. The Balaban J connectivity index is 1.28. The SMILES string of the molecule is Cc1nc2c(Cl)cc(Cl)cn2c1C(=O)N1CCN(Cc2ccc3c(c2)OCO3)CC1. The van der Waals surface area contributed by atoms with Gasteiger partial charge in [0.25, 0.3) is 5.91 Å². The number of nitrogens with zero attached hydrogens (tertiary/aromatic N) is 4. The molecule has 7 nitrogen and oxygen atoms in total. The van der Waals surface area contributed by atoms with Crippen molar-refractivity contribution in [3.63, 3.8) is 0 Å². The average Bonchev–Trinajstić information content (AvgIpc) is 3.31. The number of pyridine rings is 1. The van der Waals surface area contributed by atoms with Gasteiger partial charge >= 0.3 is 0 Å². The number of hydrogen-bond donors (Lipinski definition) is 0. The van der Waals surface area contributed by atoms with E-state index < -0.39 is 0 Å². The number of carbonyl (C=O) groups is 1. The number of hydrogen-bond acceptors (Lipinski definition) is 5. The molecule has 0 saturated carbocycles. The maximum Gasteiger partial charge on any atom is 0.272 e. The monoisotopic (exact) mass is 446 g/mol. The Kier molecular flexibility index (Phi) is 4.97. The van der Waals surface area contributed by atoms with Crippen LogP contribution in [0.15, 0.2) is 30.5 Å². The summed E-state index contributed by atoms with van der Waals surface area (Å²) in [6.07, 6.45) is 1.69. The van der Waals surface area contributed by atoms with Crippen LogP contribution in [-0.2, 0) is 6.54 Å². The number of rotatable bonds is 3. The van der Waals surface area contributed by atoms with Gasteiger partial charge in [-0.1, -0.05) is 29.3 Å². The summed E-state index contributed by atoms with van der Waals surface area (Å²) in [5.74, 6) is 1.53. The van der Waals surface area contributed by atoms with Crippen LogP contribution < -0.4 is 9.47 Å². The van der Waals surface area contributed by atoms with E-state index in [2.05, 4.69) is 16.0 Å². The highest BCUT2D eigenvalue weighted by Gasteiger charge is 2.27. The Labute approximate surface area is 183 Å². The van der Waals surface area contributed by atoms with Gasteiger partial charge in [-0.05, 0) is 30.7 Å². The van der Waals surface area contributed by atoms with E-state index in [9.17, 15) is 4.79 Å². The molecular weight excluding hydrogens is 427 g/mol. The zero-order chi connectivity index (χ0) is 20.8. The minimum Gasteiger partial charge on any atom is -0.454 e. The molecule has 0 spiro atoms. The molecule has 156 valence electrons. The zero-order valence-electron chi connectivity index (χ0n) is 16.4. The molecule has 1 aromatic carbocycles. The highest BCUT2D eigenvalue weighted by atomic mass is 35.5. The number of piperazine rings is 1. The molecule has 2 aromatic heterocycles. The minimum absolute atomic E-state index is 0.0546.